The second-order valence-electron chi connectivity index (χ2n) is 15.8. The zero-order chi connectivity index (χ0) is 37.0. The number of hydrogen-bond donors (Lipinski definition) is 0. The van der Waals surface area contributed by atoms with Crippen LogP contribution in [0.3, 0.4) is 0 Å². The predicted molar refractivity (Wildman–Crippen MR) is 234 cm³/mol. The van der Waals surface area contributed by atoms with Crippen molar-refractivity contribution in [3.05, 3.63) is 71.6 Å². The molecule has 0 amide bonds. The Labute approximate surface area is 330 Å². The molecule has 2 heterocycles. The molecule has 4 heteroatoms. The second-order valence-corrected chi connectivity index (χ2v) is 16.9. The summed E-state index contributed by atoms with van der Waals surface area (Å²) < 4.78 is 10.3. The molecule has 3 nitrogen and oxygen atoms in total. The number of aromatic nitrogens is 1. The molecular formula is C49H77N2OS+. The molecule has 0 saturated carbocycles. The molecule has 0 bridgehead atoms. The third-order valence-electron chi connectivity index (χ3n) is 11.2. The summed E-state index contributed by atoms with van der Waals surface area (Å²) in [6.07, 6.45) is 45.7. The number of para-hydroxylation sites is 3. The van der Waals surface area contributed by atoms with Gasteiger partial charge in [-0.3, -0.25) is 0 Å². The first-order valence-electron chi connectivity index (χ1n) is 22.7. The topological polar surface area (TPSA) is 16.4 Å². The van der Waals surface area contributed by atoms with Gasteiger partial charge in [-0.25, -0.2) is 0 Å². The van der Waals surface area contributed by atoms with Gasteiger partial charge in [-0.1, -0.05) is 210 Å². The van der Waals surface area contributed by atoms with Crippen LogP contribution in [-0.2, 0) is 6.54 Å². The molecule has 2 aromatic carbocycles. The van der Waals surface area contributed by atoms with Gasteiger partial charge in [-0.15, -0.1) is 0 Å². The van der Waals surface area contributed by atoms with Crippen LogP contribution < -0.4 is 14.2 Å². The Morgan fingerprint density at radius 1 is 0.547 bits per heavy atom. The van der Waals surface area contributed by atoms with Crippen molar-refractivity contribution >= 4 is 33.3 Å². The molecular weight excluding hydrogens is 665 g/mol. The molecule has 0 radical (unpaired) electrons. The standard InChI is InChI=1S/C49H77N2OS/c1-3-5-7-9-11-13-15-17-19-21-23-25-27-33-42-50-44-36-29-31-38-46(44)52-48(50)40-35-41-49-51(45-37-30-32-39-47(45)53-49)43-34-28-26-24-22-20-18-16-14-12-10-8-6-4-2/h29-32,35-41H,3-28,33-34,42-43H2,1-2H3/q+1. The molecule has 0 aliphatic carbocycles. The van der Waals surface area contributed by atoms with Crippen LogP contribution in [0.2, 0.25) is 0 Å². The molecule has 0 fully saturated rings. The van der Waals surface area contributed by atoms with Gasteiger partial charge in [0.15, 0.2) is 12.3 Å². The molecule has 0 N–H and O–H groups in total. The van der Waals surface area contributed by atoms with Gasteiger partial charge in [0.25, 0.3) is 5.01 Å². The number of allylic oxidation sites excluding steroid dienone is 2. The van der Waals surface area contributed by atoms with Gasteiger partial charge in [0, 0.05) is 25.1 Å². The van der Waals surface area contributed by atoms with Crippen LogP contribution in [0.15, 0.2) is 66.6 Å². The van der Waals surface area contributed by atoms with E-state index in [0.717, 1.165) is 24.7 Å². The van der Waals surface area contributed by atoms with Gasteiger partial charge in [0.1, 0.15) is 4.70 Å². The number of rotatable bonds is 32. The fraction of sp³-hybridized carbons (Fsp3) is 0.653. The summed E-state index contributed by atoms with van der Waals surface area (Å²) in [6.45, 7) is 6.70. The number of anilines is 1. The number of thiazole rings is 1. The maximum absolute atomic E-state index is 6.41. The fourth-order valence-corrected chi connectivity index (χ4v) is 9.06. The minimum absolute atomic E-state index is 0.955. The molecule has 0 spiro atoms. The zero-order valence-corrected chi connectivity index (χ0v) is 35.1. The summed E-state index contributed by atoms with van der Waals surface area (Å²) in [5, 5.41) is 1.33. The third kappa shape index (κ3) is 16.8. The van der Waals surface area contributed by atoms with Gasteiger partial charge < -0.3 is 9.64 Å². The van der Waals surface area contributed by atoms with Crippen molar-refractivity contribution in [3.8, 4) is 5.75 Å². The minimum atomic E-state index is 0.955. The maximum atomic E-state index is 6.41. The lowest BCUT2D eigenvalue weighted by Crippen LogP contribution is -2.35. The van der Waals surface area contributed by atoms with Gasteiger partial charge in [-0.05, 0) is 43.2 Å². The van der Waals surface area contributed by atoms with E-state index in [9.17, 15) is 0 Å². The number of nitrogens with zero attached hydrogens (tertiary/aromatic N) is 2. The maximum Gasteiger partial charge on any atom is 0.262 e. The van der Waals surface area contributed by atoms with Crippen molar-refractivity contribution in [1.29, 1.82) is 0 Å². The highest BCUT2D eigenvalue weighted by atomic mass is 32.1. The summed E-state index contributed by atoms with van der Waals surface area (Å²) in [6, 6.07) is 17.5. The normalized spacial score (nSPS) is 13.5. The lowest BCUT2D eigenvalue weighted by Gasteiger charge is -2.18. The molecule has 1 aliphatic heterocycles. The van der Waals surface area contributed by atoms with Crippen molar-refractivity contribution in [2.45, 2.75) is 200 Å². The monoisotopic (exact) mass is 742 g/mol. The Hall–Kier alpha value is -2.59. The lowest BCUT2D eigenvalue weighted by molar-refractivity contribution is -0.669. The Kier molecular flexibility index (Phi) is 22.7. The van der Waals surface area contributed by atoms with Gasteiger partial charge in [0.2, 0.25) is 11.4 Å². The first-order chi connectivity index (χ1) is 26.3. The van der Waals surface area contributed by atoms with Crippen LogP contribution in [0, 0.1) is 0 Å². The third-order valence-corrected chi connectivity index (χ3v) is 12.4. The van der Waals surface area contributed by atoms with E-state index < -0.39 is 0 Å². The van der Waals surface area contributed by atoms with E-state index in [2.05, 4.69) is 90.1 Å². The molecule has 1 aromatic heterocycles. The molecule has 0 atom stereocenters. The number of fused-ring (bicyclic) bond motifs is 2. The molecule has 1 aliphatic rings. The molecule has 0 unspecified atom stereocenters. The first kappa shape index (κ1) is 43.1. The molecule has 53 heavy (non-hydrogen) atoms. The van der Waals surface area contributed by atoms with E-state index >= 15 is 0 Å². The average Bonchev–Trinajstić information content (AvgIpc) is 3.72. The van der Waals surface area contributed by atoms with Crippen molar-refractivity contribution in [2.24, 2.45) is 0 Å². The number of aryl methyl sites for hydroxylation is 1. The van der Waals surface area contributed by atoms with E-state index in [0.29, 0.717) is 0 Å². The molecule has 3 aromatic rings. The van der Waals surface area contributed by atoms with E-state index in [1.54, 1.807) is 0 Å². The fourth-order valence-electron chi connectivity index (χ4n) is 7.96. The molecule has 294 valence electrons. The highest BCUT2D eigenvalue weighted by molar-refractivity contribution is 7.18. The Morgan fingerprint density at radius 3 is 1.58 bits per heavy atom. The smallest absolute Gasteiger partial charge is 0.262 e. The van der Waals surface area contributed by atoms with Crippen molar-refractivity contribution in [1.82, 2.24) is 0 Å². The zero-order valence-electron chi connectivity index (χ0n) is 34.3. The summed E-state index contributed by atoms with van der Waals surface area (Å²) in [5.74, 6) is 1.93. The van der Waals surface area contributed by atoms with Crippen LogP contribution in [0.5, 0.6) is 5.75 Å². The van der Waals surface area contributed by atoms with Gasteiger partial charge in [0.05, 0.1) is 5.69 Å². The van der Waals surface area contributed by atoms with E-state index in [1.807, 2.05) is 11.3 Å². The Morgan fingerprint density at radius 2 is 1.02 bits per heavy atom. The average molecular weight is 742 g/mol. The summed E-state index contributed by atoms with van der Waals surface area (Å²) >= 11 is 1.91. The highest BCUT2D eigenvalue weighted by Gasteiger charge is 2.25. The molecule has 4 rings (SSSR count). The van der Waals surface area contributed by atoms with Crippen molar-refractivity contribution in [3.63, 3.8) is 0 Å². The summed E-state index contributed by atoms with van der Waals surface area (Å²) in [7, 11) is 0. The largest absolute Gasteiger partial charge is 0.439 e. The summed E-state index contributed by atoms with van der Waals surface area (Å²) in [5.41, 5.74) is 2.57. The number of benzene rings is 2. The molecule has 0 saturated heterocycles. The predicted octanol–water partition coefficient (Wildman–Crippen LogP) is 15.9. The highest BCUT2D eigenvalue weighted by Crippen LogP contribution is 2.39. The van der Waals surface area contributed by atoms with Crippen LogP contribution in [-0.4, -0.2) is 6.54 Å². The number of unbranched alkanes of at least 4 members (excludes halogenated alkanes) is 26. The summed E-state index contributed by atoms with van der Waals surface area (Å²) in [4.78, 5) is 2.40. The second kappa shape index (κ2) is 27.9. The van der Waals surface area contributed by atoms with Crippen LogP contribution in [0.25, 0.3) is 16.3 Å². The first-order valence-corrected chi connectivity index (χ1v) is 23.5. The Bertz CT molecular complexity index is 1420. The van der Waals surface area contributed by atoms with E-state index in [4.69, 9.17) is 4.74 Å². The van der Waals surface area contributed by atoms with Crippen molar-refractivity contribution in [2.75, 3.05) is 11.4 Å². The SMILES string of the molecule is CCCCCCCCCCCCCCCCN1/C(=C/C=C/c2sc3ccccc3[n+]2CCCCCCCCCCCCCCCC)Oc2ccccc21. The Balaban J connectivity index is 1.17. The van der Waals surface area contributed by atoms with E-state index in [1.165, 1.54) is 201 Å². The van der Waals surface area contributed by atoms with Crippen molar-refractivity contribution < 1.29 is 9.30 Å². The van der Waals surface area contributed by atoms with E-state index in [-0.39, 0.29) is 0 Å². The van der Waals surface area contributed by atoms with Gasteiger partial charge in [-0.2, -0.15) is 4.57 Å². The van der Waals surface area contributed by atoms with Gasteiger partial charge >= 0.3 is 0 Å². The number of hydrogen-bond acceptors (Lipinski definition) is 3. The van der Waals surface area contributed by atoms with Crippen LogP contribution in [0.1, 0.15) is 199 Å². The lowest BCUT2D eigenvalue weighted by atomic mass is 10.0. The van der Waals surface area contributed by atoms with Crippen LogP contribution in [0.4, 0.5) is 5.69 Å². The quantitative estimate of drug-likeness (QED) is 0.0468. The number of ether oxygens (including phenoxy) is 1. The minimum Gasteiger partial charge on any atom is -0.439 e. The van der Waals surface area contributed by atoms with Crippen LogP contribution >= 0.6 is 11.3 Å².